The standard InChI is InChI=1S/C12H26O3.Na.H/c1-3-5-7-13-9-11-15-12-10-14-8-6-4-2;;/h3-12H2,1-2H3;;/q;+1;-1. The first kappa shape index (κ1) is 19.2. The van der Waals surface area contributed by atoms with Gasteiger partial charge in [0, 0.05) is 13.2 Å². The van der Waals surface area contributed by atoms with Crippen LogP contribution in [-0.2, 0) is 14.2 Å². The molecule has 0 heterocycles. The molecule has 94 valence electrons. The molecule has 0 bridgehead atoms. The maximum Gasteiger partial charge on any atom is 1.00 e. The molecule has 0 aromatic rings. The van der Waals surface area contributed by atoms with Gasteiger partial charge in [-0.15, -0.1) is 0 Å². The molecule has 0 aromatic heterocycles. The van der Waals surface area contributed by atoms with Crippen molar-refractivity contribution in [2.45, 2.75) is 39.5 Å². The van der Waals surface area contributed by atoms with Gasteiger partial charge in [-0.1, -0.05) is 26.7 Å². The second-order valence-corrected chi connectivity index (χ2v) is 3.54. The number of unbranched alkanes of at least 4 members (excludes halogenated alkanes) is 2. The van der Waals surface area contributed by atoms with E-state index in [4.69, 9.17) is 14.2 Å². The molecule has 0 aromatic carbocycles. The van der Waals surface area contributed by atoms with Crippen molar-refractivity contribution in [3.05, 3.63) is 0 Å². The van der Waals surface area contributed by atoms with Crippen molar-refractivity contribution in [2.24, 2.45) is 0 Å². The summed E-state index contributed by atoms with van der Waals surface area (Å²) < 4.78 is 16.1. The van der Waals surface area contributed by atoms with E-state index in [0.29, 0.717) is 26.4 Å². The Labute approximate surface area is 124 Å². The SMILES string of the molecule is CCCCOCCOCCOCCCC.[H-].[Na+]. The van der Waals surface area contributed by atoms with E-state index < -0.39 is 0 Å². The zero-order chi connectivity index (χ0) is 11.2. The van der Waals surface area contributed by atoms with E-state index in [1.807, 2.05) is 0 Å². The van der Waals surface area contributed by atoms with Crippen molar-refractivity contribution >= 4 is 0 Å². The Morgan fingerprint density at radius 1 is 0.625 bits per heavy atom. The van der Waals surface area contributed by atoms with E-state index in [1.54, 1.807) is 0 Å². The topological polar surface area (TPSA) is 27.7 Å². The molecule has 0 unspecified atom stereocenters. The first-order valence-corrected chi connectivity index (χ1v) is 6.15. The Morgan fingerprint density at radius 2 is 0.938 bits per heavy atom. The molecule has 0 spiro atoms. The van der Waals surface area contributed by atoms with Gasteiger partial charge in [-0.2, -0.15) is 0 Å². The van der Waals surface area contributed by atoms with Crippen molar-refractivity contribution in [3.63, 3.8) is 0 Å². The van der Waals surface area contributed by atoms with Crippen LogP contribution in [0.25, 0.3) is 0 Å². The molecule has 0 rings (SSSR count). The average Bonchev–Trinajstić information content (AvgIpc) is 2.26. The summed E-state index contributed by atoms with van der Waals surface area (Å²) in [5.41, 5.74) is 0. The Hall–Kier alpha value is 0.880. The molecule has 0 aliphatic rings. The summed E-state index contributed by atoms with van der Waals surface area (Å²) in [5.74, 6) is 0. The summed E-state index contributed by atoms with van der Waals surface area (Å²) in [6, 6.07) is 0. The van der Waals surface area contributed by atoms with Crippen molar-refractivity contribution in [2.75, 3.05) is 39.6 Å². The summed E-state index contributed by atoms with van der Waals surface area (Å²) >= 11 is 0. The molecule has 0 atom stereocenters. The molecular weight excluding hydrogens is 215 g/mol. The molecular formula is C12H27NaO3. The van der Waals surface area contributed by atoms with Crippen LogP contribution in [-0.4, -0.2) is 39.6 Å². The number of rotatable bonds is 12. The van der Waals surface area contributed by atoms with Crippen LogP contribution in [0, 0.1) is 0 Å². The Balaban J connectivity index is -0.000000980. The van der Waals surface area contributed by atoms with Crippen LogP contribution in [0.3, 0.4) is 0 Å². The molecule has 0 amide bonds. The molecule has 0 aliphatic carbocycles. The monoisotopic (exact) mass is 242 g/mol. The molecule has 4 heteroatoms. The zero-order valence-electron chi connectivity index (χ0n) is 12.3. The number of hydrogen-bond donors (Lipinski definition) is 0. The fourth-order valence-corrected chi connectivity index (χ4v) is 1.03. The van der Waals surface area contributed by atoms with E-state index in [-0.39, 0.29) is 31.0 Å². The molecule has 0 N–H and O–H groups in total. The van der Waals surface area contributed by atoms with E-state index in [9.17, 15) is 0 Å². The normalized spacial score (nSPS) is 10.1. The van der Waals surface area contributed by atoms with Crippen LogP contribution in [0.5, 0.6) is 0 Å². The Kier molecular flexibility index (Phi) is 21.9. The third-order valence-corrected chi connectivity index (χ3v) is 2.03. The summed E-state index contributed by atoms with van der Waals surface area (Å²) in [6.45, 7) is 8.80. The Morgan fingerprint density at radius 3 is 1.25 bits per heavy atom. The smallest absolute Gasteiger partial charge is 1.00 e. The minimum atomic E-state index is 0. The van der Waals surface area contributed by atoms with E-state index in [0.717, 1.165) is 26.1 Å². The molecule has 0 saturated carbocycles. The molecule has 3 nitrogen and oxygen atoms in total. The van der Waals surface area contributed by atoms with Crippen molar-refractivity contribution < 1.29 is 45.2 Å². The van der Waals surface area contributed by atoms with Crippen LogP contribution < -0.4 is 29.6 Å². The van der Waals surface area contributed by atoms with Crippen LogP contribution in [0.2, 0.25) is 0 Å². The predicted octanol–water partition coefficient (Wildman–Crippen LogP) is -0.247. The minimum Gasteiger partial charge on any atom is -1.00 e. The minimum absolute atomic E-state index is 0. The predicted molar refractivity (Wildman–Crippen MR) is 63.4 cm³/mol. The van der Waals surface area contributed by atoms with E-state index in [1.165, 1.54) is 12.8 Å². The van der Waals surface area contributed by atoms with Crippen LogP contribution in [0.4, 0.5) is 0 Å². The molecule has 0 saturated heterocycles. The fourth-order valence-electron chi connectivity index (χ4n) is 1.03. The third-order valence-electron chi connectivity index (χ3n) is 2.03. The molecule has 16 heavy (non-hydrogen) atoms. The largest absolute Gasteiger partial charge is 1.00 e. The van der Waals surface area contributed by atoms with Gasteiger partial charge in [-0.3, -0.25) is 0 Å². The molecule has 0 fully saturated rings. The first-order valence-electron chi connectivity index (χ1n) is 6.15. The maximum absolute atomic E-state index is 5.35. The third kappa shape index (κ3) is 17.3. The van der Waals surface area contributed by atoms with Gasteiger partial charge in [0.05, 0.1) is 26.4 Å². The van der Waals surface area contributed by atoms with Crippen LogP contribution in [0.15, 0.2) is 0 Å². The van der Waals surface area contributed by atoms with E-state index >= 15 is 0 Å². The van der Waals surface area contributed by atoms with Crippen molar-refractivity contribution in [1.29, 1.82) is 0 Å². The summed E-state index contributed by atoms with van der Waals surface area (Å²) in [6.07, 6.45) is 4.65. The molecule has 0 radical (unpaired) electrons. The van der Waals surface area contributed by atoms with E-state index in [2.05, 4.69) is 13.8 Å². The van der Waals surface area contributed by atoms with Gasteiger partial charge in [0.2, 0.25) is 0 Å². The molecule has 0 aliphatic heterocycles. The van der Waals surface area contributed by atoms with Crippen molar-refractivity contribution in [1.82, 2.24) is 0 Å². The van der Waals surface area contributed by atoms with Crippen LogP contribution in [0.1, 0.15) is 41.0 Å². The quantitative estimate of drug-likeness (QED) is 0.349. The number of hydrogen-bond acceptors (Lipinski definition) is 3. The van der Waals surface area contributed by atoms with Gasteiger partial charge < -0.3 is 15.6 Å². The van der Waals surface area contributed by atoms with Gasteiger partial charge in [0.15, 0.2) is 0 Å². The second-order valence-electron chi connectivity index (χ2n) is 3.54. The van der Waals surface area contributed by atoms with Crippen LogP contribution >= 0.6 is 0 Å². The zero-order valence-corrected chi connectivity index (χ0v) is 13.3. The fraction of sp³-hybridized carbons (Fsp3) is 1.00. The first-order chi connectivity index (χ1) is 7.41. The van der Waals surface area contributed by atoms with Gasteiger partial charge in [-0.05, 0) is 12.8 Å². The van der Waals surface area contributed by atoms with Gasteiger partial charge in [-0.25, -0.2) is 0 Å². The number of ether oxygens (including phenoxy) is 3. The Bertz CT molecular complexity index is 106. The summed E-state index contributed by atoms with van der Waals surface area (Å²) in [4.78, 5) is 0. The summed E-state index contributed by atoms with van der Waals surface area (Å²) in [7, 11) is 0. The second kappa shape index (κ2) is 18.3. The average molecular weight is 242 g/mol. The van der Waals surface area contributed by atoms with Crippen molar-refractivity contribution in [3.8, 4) is 0 Å². The van der Waals surface area contributed by atoms with Gasteiger partial charge >= 0.3 is 29.6 Å². The van der Waals surface area contributed by atoms with Gasteiger partial charge in [0.25, 0.3) is 0 Å². The maximum atomic E-state index is 5.35. The van der Waals surface area contributed by atoms with Gasteiger partial charge in [0.1, 0.15) is 0 Å². The summed E-state index contributed by atoms with van der Waals surface area (Å²) in [5, 5.41) is 0.